The summed E-state index contributed by atoms with van der Waals surface area (Å²) in [6.45, 7) is 7.73. The highest BCUT2D eigenvalue weighted by Crippen LogP contribution is 2.39. The van der Waals surface area contributed by atoms with Crippen molar-refractivity contribution in [2.45, 2.75) is 37.9 Å². The van der Waals surface area contributed by atoms with Gasteiger partial charge in [0.25, 0.3) is 10.0 Å². The predicted octanol–water partition coefficient (Wildman–Crippen LogP) is 2.53. The molecule has 1 aliphatic heterocycles. The number of thiophene rings is 1. The topological polar surface area (TPSA) is 154 Å². The summed E-state index contributed by atoms with van der Waals surface area (Å²) in [6.07, 6.45) is 3.02. The van der Waals surface area contributed by atoms with E-state index in [1.165, 1.54) is 22.2 Å². The second kappa shape index (κ2) is 9.21. The van der Waals surface area contributed by atoms with Crippen molar-refractivity contribution >= 4 is 48.9 Å². The van der Waals surface area contributed by atoms with Crippen molar-refractivity contribution in [1.29, 1.82) is 0 Å². The number of furan rings is 1. The molecule has 3 rings (SSSR count). The molecule has 0 aliphatic carbocycles. The van der Waals surface area contributed by atoms with Crippen molar-refractivity contribution < 1.29 is 26.4 Å². The molecule has 2 aromatic rings. The van der Waals surface area contributed by atoms with Gasteiger partial charge in [0.2, 0.25) is 0 Å². The van der Waals surface area contributed by atoms with Gasteiger partial charge in [-0.15, -0.1) is 15.7 Å². The molecule has 0 amide bonds. The number of amidine groups is 2. The first-order chi connectivity index (χ1) is 15.0. The summed E-state index contributed by atoms with van der Waals surface area (Å²) in [7, 11) is -7.94. The molecule has 0 bridgehead atoms. The molecule has 3 N–H and O–H groups in total. The molecule has 14 heteroatoms. The van der Waals surface area contributed by atoms with Crippen LogP contribution in [-0.2, 0) is 20.2 Å². The zero-order valence-electron chi connectivity index (χ0n) is 17.9. The number of nitrogens with one attached hydrogen (secondary N) is 2. The average molecular weight is 504 g/mol. The highest BCUT2D eigenvalue weighted by Gasteiger charge is 2.32. The third kappa shape index (κ3) is 4.82. The van der Waals surface area contributed by atoms with Gasteiger partial charge in [0.1, 0.15) is 0 Å². The molecule has 11 nitrogen and oxygen atoms in total. The summed E-state index contributed by atoms with van der Waals surface area (Å²) in [5.41, 5.74) is 0.763. The van der Waals surface area contributed by atoms with Crippen molar-refractivity contribution in [1.82, 2.24) is 9.03 Å². The third-order valence-corrected chi connectivity index (χ3v) is 9.12. The Bertz CT molecular complexity index is 1230. The summed E-state index contributed by atoms with van der Waals surface area (Å²) in [5, 5.41) is 14.7. The lowest BCUT2D eigenvalue weighted by atomic mass is 9.99. The van der Waals surface area contributed by atoms with Crippen LogP contribution in [0.1, 0.15) is 39.3 Å². The van der Waals surface area contributed by atoms with Crippen molar-refractivity contribution in [3.63, 3.8) is 0 Å². The lowest BCUT2D eigenvalue weighted by Gasteiger charge is -2.17. The first kappa shape index (κ1) is 24.2. The van der Waals surface area contributed by atoms with E-state index in [0.29, 0.717) is 0 Å². The van der Waals surface area contributed by atoms with Crippen LogP contribution in [0.2, 0.25) is 0 Å². The van der Waals surface area contributed by atoms with Crippen molar-refractivity contribution in [3.05, 3.63) is 29.5 Å². The molecule has 0 fully saturated rings. The second-order valence-corrected chi connectivity index (χ2v) is 11.6. The Kier molecular flexibility index (Phi) is 6.97. The molecular formula is C18H25N5O6S3. The summed E-state index contributed by atoms with van der Waals surface area (Å²) in [6, 6.07) is 1.31. The van der Waals surface area contributed by atoms with Crippen LogP contribution in [0.3, 0.4) is 0 Å². The van der Waals surface area contributed by atoms with Gasteiger partial charge < -0.3 is 14.8 Å². The smallest absolute Gasteiger partial charge is 0.345 e. The summed E-state index contributed by atoms with van der Waals surface area (Å²) < 4.78 is 61.7. The van der Waals surface area contributed by atoms with Crippen LogP contribution < -0.4 is 10.0 Å². The average Bonchev–Trinajstić information content (AvgIpc) is 3.41. The van der Waals surface area contributed by atoms with E-state index in [4.69, 9.17) is 4.42 Å². The molecule has 0 saturated carbocycles. The molecule has 0 spiro atoms. The van der Waals surface area contributed by atoms with E-state index in [0.717, 1.165) is 16.9 Å². The Morgan fingerprint density at radius 1 is 1.34 bits per heavy atom. The van der Waals surface area contributed by atoms with E-state index in [1.54, 1.807) is 19.9 Å². The highest BCUT2D eigenvalue weighted by molar-refractivity contribution is 7.91. The number of aliphatic imine (C=N–C) groups is 1. The van der Waals surface area contributed by atoms with Crippen LogP contribution in [0.5, 0.6) is 5.75 Å². The molecule has 3 heterocycles. The predicted molar refractivity (Wildman–Crippen MR) is 123 cm³/mol. The molecule has 0 radical (unpaired) electrons. The fourth-order valence-corrected chi connectivity index (χ4v) is 6.78. The van der Waals surface area contributed by atoms with E-state index in [9.17, 15) is 21.9 Å². The lowest BCUT2D eigenvalue weighted by Crippen LogP contribution is -2.31. The van der Waals surface area contributed by atoms with Gasteiger partial charge in [0, 0.05) is 24.0 Å². The number of nitrogens with zero attached hydrogens (tertiary/aromatic N) is 3. The number of aromatic hydroxyl groups is 1. The second-order valence-electron chi connectivity index (χ2n) is 7.24. The first-order valence-electron chi connectivity index (χ1n) is 9.80. The summed E-state index contributed by atoms with van der Waals surface area (Å²) >= 11 is 0.824. The molecule has 0 unspecified atom stereocenters. The van der Waals surface area contributed by atoms with E-state index in [2.05, 4.69) is 19.4 Å². The fourth-order valence-electron chi connectivity index (χ4n) is 3.13. The van der Waals surface area contributed by atoms with E-state index < -0.39 is 32.0 Å². The van der Waals surface area contributed by atoms with E-state index >= 15 is 0 Å². The number of sulfonamides is 1. The Labute approximate surface area is 191 Å². The molecule has 32 heavy (non-hydrogen) atoms. The Morgan fingerprint density at radius 3 is 2.59 bits per heavy atom. The van der Waals surface area contributed by atoms with Gasteiger partial charge in [-0.2, -0.15) is 12.7 Å². The zero-order chi connectivity index (χ0) is 23.7. The van der Waals surface area contributed by atoms with Crippen molar-refractivity contribution in [2.24, 2.45) is 15.3 Å². The Balaban J connectivity index is 1.96. The monoisotopic (exact) mass is 503 g/mol. The molecule has 0 saturated heterocycles. The fraction of sp³-hybridized carbons (Fsp3) is 0.444. The first-order valence-corrected chi connectivity index (χ1v) is 13.6. The maximum absolute atomic E-state index is 12.8. The van der Waals surface area contributed by atoms with Crippen LogP contribution in [0.15, 0.2) is 42.0 Å². The van der Waals surface area contributed by atoms with Crippen LogP contribution in [0.25, 0.3) is 0 Å². The van der Waals surface area contributed by atoms with Crippen molar-refractivity contribution in [2.75, 3.05) is 18.4 Å². The molecule has 2 aromatic heterocycles. The minimum Gasteiger partial charge on any atom is -0.504 e. The van der Waals surface area contributed by atoms with Gasteiger partial charge in [-0.3, -0.25) is 4.99 Å². The van der Waals surface area contributed by atoms with E-state index in [1.807, 2.05) is 13.8 Å². The largest absolute Gasteiger partial charge is 0.504 e. The molecule has 1 aliphatic rings. The third-order valence-electron chi connectivity index (χ3n) is 4.71. The minimum absolute atomic E-state index is 0.00632. The number of rotatable bonds is 8. The standard InChI is InChI=1S/C18H25N5O6S3/c1-5-23(6-2)31(25,26)18-15(24)13(10-30-18)19-16-17(22-32(27,28)21-16)20-14(11(3)4)12-7-8-29-9-12/h7-11,14,24H,5-6H2,1-4H3,(H,19,21)(H,20,22)/t14-/m1/s1. The summed E-state index contributed by atoms with van der Waals surface area (Å²) in [4.78, 5) is 4.50. The molecule has 176 valence electrons. The molecule has 1 atom stereocenters. The normalized spacial score (nSPS) is 18.2. The van der Waals surface area contributed by atoms with Crippen LogP contribution in [-0.4, -0.2) is 51.0 Å². The Morgan fingerprint density at radius 2 is 2.03 bits per heavy atom. The zero-order valence-corrected chi connectivity index (χ0v) is 20.4. The van der Waals surface area contributed by atoms with Crippen LogP contribution in [0, 0.1) is 5.92 Å². The van der Waals surface area contributed by atoms with Crippen LogP contribution in [0.4, 0.5) is 5.69 Å². The minimum atomic E-state index is -4.04. The number of hydrogen-bond acceptors (Lipinski definition) is 9. The van der Waals surface area contributed by atoms with Gasteiger partial charge in [0.15, 0.2) is 21.6 Å². The number of anilines is 1. The van der Waals surface area contributed by atoms with Gasteiger partial charge in [-0.25, -0.2) is 13.1 Å². The highest BCUT2D eigenvalue weighted by atomic mass is 32.2. The van der Waals surface area contributed by atoms with Gasteiger partial charge in [-0.05, 0) is 12.0 Å². The lowest BCUT2D eigenvalue weighted by molar-refractivity contribution is 0.434. The molecule has 0 aromatic carbocycles. The van der Waals surface area contributed by atoms with Gasteiger partial charge >= 0.3 is 10.2 Å². The summed E-state index contributed by atoms with van der Waals surface area (Å²) in [5.74, 6) is -0.710. The number of hydrogen-bond donors (Lipinski definition) is 3. The van der Waals surface area contributed by atoms with E-state index in [-0.39, 0.29) is 40.6 Å². The Hall–Kier alpha value is -2.42. The quantitative estimate of drug-likeness (QED) is 0.500. The van der Waals surface area contributed by atoms with Gasteiger partial charge in [-0.1, -0.05) is 27.7 Å². The maximum Gasteiger partial charge on any atom is 0.345 e. The van der Waals surface area contributed by atoms with Crippen LogP contribution >= 0.6 is 11.3 Å². The maximum atomic E-state index is 12.8. The van der Waals surface area contributed by atoms with Crippen molar-refractivity contribution in [3.8, 4) is 5.75 Å². The van der Waals surface area contributed by atoms with Gasteiger partial charge in [0.05, 0.1) is 24.3 Å². The molecular weight excluding hydrogens is 478 g/mol. The SMILES string of the molecule is CCN(CC)S(=O)(=O)c1scc(NC2=NS(=O)(=O)NC2=N[C@@H](c2ccoc2)C(C)C)c1O.